The molecule has 74 valence electrons. The van der Waals surface area contributed by atoms with Crippen LogP contribution in [0.4, 0.5) is 14.5 Å². The first-order chi connectivity index (χ1) is 6.61. The fraction of sp³-hybridized carbons (Fsp3) is 0.250. The van der Waals surface area contributed by atoms with Gasteiger partial charge in [-0.2, -0.15) is 5.26 Å². The number of nitrogens with zero attached hydrogens (tertiary/aromatic N) is 2. The van der Waals surface area contributed by atoms with E-state index >= 15 is 0 Å². The quantitative estimate of drug-likeness (QED) is 0.782. The molecule has 0 saturated carbocycles. The maximum atomic E-state index is 12.4. The molecule has 0 saturated heterocycles. The van der Waals surface area contributed by atoms with Crippen LogP contribution in [0.15, 0.2) is 6.20 Å². The number of nitrogens with two attached hydrogens (primary N) is 1. The van der Waals surface area contributed by atoms with E-state index in [-0.39, 0.29) is 17.0 Å². The Balaban J connectivity index is 3.43. The summed E-state index contributed by atoms with van der Waals surface area (Å²) in [7, 11) is 1.25. The number of nitrogen functional groups attached to an aromatic ring is 1. The smallest absolute Gasteiger partial charge is 0.281 e. The van der Waals surface area contributed by atoms with Gasteiger partial charge in [-0.05, 0) is 0 Å². The van der Waals surface area contributed by atoms with E-state index in [0.717, 1.165) is 6.20 Å². The average Bonchev–Trinajstić information content (AvgIpc) is 2.16. The van der Waals surface area contributed by atoms with Crippen LogP contribution in [0, 0.1) is 11.3 Å². The van der Waals surface area contributed by atoms with Crippen LogP contribution in [0.2, 0.25) is 0 Å². The van der Waals surface area contributed by atoms with Crippen LogP contribution in [-0.4, -0.2) is 12.1 Å². The van der Waals surface area contributed by atoms with Gasteiger partial charge in [-0.1, -0.05) is 0 Å². The van der Waals surface area contributed by atoms with Crippen molar-refractivity contribution >= 4 is 5.69 Å². The van der Waals surface area contributed by atoms with Crippen LogP contribution in [-0.2, 0) is 0 Å². The third-order valence-electron chi connectivity index (χ3n) is 1.61. The predicted octanol–water partition coefficient (Wildman–Crippen LogP) is 1.48. The lowest BCUT2D eigenvalue weighted by molar-refractivity contribution is 0.145. The number of anilines is 1. The molecule has 0 aliphatic heterocycles. The number of methoxy groups -OCH3 is 1. The number of rotatable bonds is 2. The van der Waals surface area contributed by atoms with Crippen LogP contribution >= 0.6 is 0 Å². The fourth-order valence-electron chi connectivity index (χ4n) is 1.02. The summed E-state index contributed by atoms with van der Waals surface area (Å²) in [4.78, 5) is 3.38. The SMILES string of the molecule is COc1c(N)cnc(C(F)F)c1C#N. The van der Waals surface area contributed by atoms with Crippen molar-refractivity contribution < 1.29 is 13.5 Å². The molecule has 0 spiro atoms. The largest absolute Gasteiger partial charge is 0.493 e. The molecule has 14 heavy (non-hydrogen) atoms. The Bertz CT molecular complexity index is 387. The molecular weight excluding hydrogens is 192 g/mol. The molecule has 1 heterocycles. The monoisotopic (exact) mass is 199 g/mol. The summed E-state index contributed by atoms with van der Waals surface area (Å²) in [6.45, 7) is 0. The minimum Gasteiger partial charge on any atom is -0.493 e. The topological polar surface area (TPSA) is 71.9 Å². The minimum atomic E-state index is -2.82. The number of hydrogen-bond acceptors (Lipinski definition) is 4. The van der Waals surface area contributed by atoms with Gasteiger partial charge in [-0.15, -0.1) is 0 Å². The van der Waals surface area contributed by atoms with E-state index in [1.807, 2.05) is 0 Å². The fourth-order valence-corrected chi connectivity index (χ4v) is 1.02. The van der Waals surface area contributed by atoms with Gasteiger partial charge < -0.3 is 10.5 Å². The van der Waals surface area contributed by atoms with E-state index in [4.69, 9.17) is 15.7 Å². The zero-order chi connectivity index (χ0) is 10.7. The van der Waals surface area contributed by atoms with Crippen LogP contribution in [0.1, 0.15) is 17.7 Å². The second-order valence-corrected chi connectivity index (χ2v) is 2.42. The normalized spacial score (nSPS) is 9.93. The lowest BCUT2D eigenvalue weighted by atomic mass is 10.2. The van der Waals surface area contributed by atoms with Crippen molar-refractivity contribution in [1.29, 1.82) is 5.26 Å². The van der Waals surface area contributed by atoms with Crippen molar-refractivity contribution in [3.05, 3.63) is 17.5 Å². The lowest BCUT2D eigenvalue weighted by Gasteiger charge is -2.08. The number of nitriles is 1. The molecule has 0 atom stereocenters. The summed E-state index contributed by atoms with van der Waals surface area (Å²) in [5, 5.41) is 8.64. The van der Waals surface area contributed by atoms with Crippen LogP contribution < -0.4 is 10.5 Å². The average molecular weight is 199 g/mol. The minimum absolute atomic E-state index is 0.0576. The number of ether oxygens (including phenoxy) is 1. The molecule has 0 aliphatic carbocycles. The van der Waals surface area contributed by atoms with Crippen molar-refractivity contribution in [2.75, 3.05) is 12.8 Å². The van der Waals surface area contributed by atoms with Gasteiger partial charge in [0.2, 0.25) is 0 Å². The third kappa shape index (κ3) is 1.57. The molecule has 0 unspecified atom stereocenters. The maximum Gasteiger partial charge on any atom is 0.281 e. The van der Waals surface area contributed by atoms with E-state index in [1.54, 1.807) is 6.07 Å². The lowest BCUT2D eigenvalue weighted by Crippen LogP contribution is -2.02. The molecule has 0 bridgehead atoms. The van der Waals surface area contributed by atoms with Gasteiger partial charge in [0.15, 0.2) is 5.75 Å². The summed E-state index contributed by atoms with van der Waals surface area (Å²) in [5.74, 6) is -0.0576. The molecule has 6 heteroatoms. The molecule has 1 aromatic rings. The van der Waals surface area contributed by atoms with Gasteiger partial charge in [-0.25, -0.2) is 8.78 Å². The summed E-state index contributed by atoms with van der Waals surface area (Å²) < 4.78 is 29.4. The maximum absolute atomic E-state index is 12.4. The number of hydrogen-bond donors (Lipinski definition) is 1. The molecule has 0 amide bonds. The highest BCUT2D eigenvalue weighted by atomic mass is 19.3. The van der Waals surface area contributed by atoms with Crippen LogP contribution in [0.5, 0.6) is 5.75 Å². The zero-order valence-corrected chi connectivity index (χ0v) is 7.29. The van der Waals surface area contributed by atoms with E-state index in [9.17, 15) is 8.78 Å². The van der Waals surface area contributed by atoms with Crippen molar-refractivity contribution in [2.45, 2.75) is 6.43 Å². The van der Waals surface area contributed by atoms with Crippen molar-refractivity contribution in [2.24, 2.45) is 0 Å². The molecular formula is C8H7F2N3O. The second kappa shape index (κ2) is 3.87. The Labute approximate surface area is 78.9 Å². The van der Waals surface area contributed by atoms with E-state index in [2.05, 4.69) is 4.98 Å². The van der Waals surface area contributed by atoms with Crippen molar-refractivity contribution in [3.63, 3.8) is 0 Å². The molecule has 1 rings (SSSR count). The molecule has 0 fully saturated rings. The summed E-state index contributed by atoms with van der Waals surface area (Å²) in [6, 6.07) is 1.59. The number of pyridine rings is 1. The summed E-state index contributed by atoms with van der Waals surface area (Å²) in [6.07, 6.45) is -1.78. The summed E-state index contributed by atoms with van der Waals surface area (Å²) >= 11 is 0. The standard InChI is InChI=1S/C8H7F2N3O/c1-14-7-4(2-11)6(8(9)10)13-3-5(7)12/h3,8H,12H2,1H3. The first kappa shape index (κ1) is 10.2. The number of aromatic nitrogens is 1. The Morgan fingerprint density at radius 3 is 2.71 bits per heavy atom. The Morgan fingerprint density at radius 1 is 1.64 bits per heavy atom. The zero-order valence-electron chi connectivity index (χ0n) is 7.29. The number of alkyl halides is 2. The third-order valence-corrected chi connectivity index (χ3v) is 1.61. The van der Waals surface area contributed by atoms with Gasteiger partial charge in [0.25, 0.3) is 6.43 Å². The van der Waals surface area contributed by atoms with E-state index in [1.165, 1.54) is 7.11 Å². The highest BCUT2D eigenvalue weighted by Gasteiger charge is 2.20. The Kier molecular flexibility index (Phi) is 2.82. The molecule has 2 N–H and O–H groups in total. The van der Waals surface area contributed by atoms with Gasteiger partial charge in [0, 0.05) is 0 Å². The van der Waals surface area contributed by atoms with Crippen LogP contribution in [0.3, 0.4) is 0 Å². The molecule has 1 aromatic heterocycles. The van der Waals surface area contributed by atoms with Crippen molar-refractivity contribution in [1.82, 2.24) is 4.98 Å². The second-order valence-electron chi connectivity index (χ2n) is 2.42. The van der Waals surface area contributed by atoms with Gasteiger partial charge in [0.05, 0.1) is 19.0 Å². The highest BCUT2D eigenvalue weighted by molar-refractivity contribution is 5.61. The van der Waals surface area contributed by atoms with Gasteiger partial charge in [-0.3, -0.25) is 4.98 Å². The van der Waals surface area contributed by atoms with Gasteiger partial charge >= 0.3 is 0 Å². The van der Waals surface area contributed by atoms with Gasteiger partial charge in [0.1, 0.15) is 17.3 Å². The predicted molar refractivity (Wildman–Crippen MR) is 44.9 cm³/mol. The molecule has 0 radical (unpaired) electrons. The van der Waals surface area contributed by atoms with Crippen LogP contribution in [0.25, 0.3) is 0 Å². The summed E-state index contributed by atoms with van der Waals surface area (Å²) in [5.41, 5.74) is 4.53. The first-order valence-electron chi connectivity index (χ1n) is 3.62. The van der Waals surface area contributed by atoms with E-state index in [0.29, 0.717) is 0 Å². The van der Waals surface area contributed by atoms with Crippen molar-refractivity contribution in [3.8, 4) is 11.8 Å². The van der Waals surface area contributed by atoms with E-state index < -0.39 is 12.1 Å². The highest BCUT2D eigenvalue weighted by Crippen LogP contribution is 2.31. The first-order valence-corrected chi connectivity index (χ1v) is 3.62. The molecule has 0 aromatic carbocycles. The Morgan fingerprint density at radius 2 is 2.29 bits per heavy atom. The molecule has 4 nitrogen and oxygen atoms in total. The molecule has 0 aliphatic rings. The number of halogens is 2. The Hall–Kier alpha value is -1.90.